The third-order valence-electron chi connectivity index (χ3n) is 3.04. The molecule has 1 rings (SSSR count). The van der Waals surface area contributed by atoms with Crippen molar-refractivity contribution in [3.8, 4) is 0 Å². The van der Waals surface area contributed by atoms with Crippen LogP contribution < -0.4 is 0 Å². The molecular weight excluding hydrogens is 188 g/mol. The van der Waals surface area contributed by atoms with Gasteiger partial charge in [0.05, 0.1) is 0 Å². The highest BCUT2D eigenvalue weighted by Crippen LogP contribution is 2.06. The normalized spacial score (nSPS) is 18.1. The second-order valence-corrected chi connectivity index (χ2v) is 4.18. The molecule has 0 unspecified atom stereocenters. The molecule has 1 saturated heterocycles. The maximum absolute atomic E-state index is 11.8. The molecule has 0 aromatic carbocycles. The smallest absolute Gasteiger partial charge is 0.222 e. The van der Waals surface area contributed by atoms with E-state index in [0.717, 1.165) is 45.6 Å². The SMILES string of the molecule is [CH2]CN1CCN(C(=O)CCCCC)CC1. The van der Waals surface area contributed by atoms with Crippen LogP contribution >= 0.6 is 0 Å². The number of piperazine rings is 1. The molecule has 1 aliphatic rings. The number of nitrogens with zero attached hydrogens (tertiary/aromatic N) is 2. The Morgan fingerprint density at radius 3 is 2.40 bits per heavy atom. The number of unbranched alkanes of at least 4 members (excludes halogenated alkanes) is 2. The van der Waals surface area contributed by atoms with Gasteiger partial charge in [-0.3, -0.25) is 9.69 Å². The van der Waals surface area contributed by atoms with Gasteiger partial charge in [0.15, 0.2) is 0 Å². The molecule has 3 heteroatoms. The molecule has 0 aromatic heterocycles. The monoisotopic (exact) mass is 211 g/mol. The third kappa shape index (κ3) is 4.20. The van der Waals surface area contributed by atoms with Gasteiger partial charge in [0.1, 0.15) is 0 Å². The van der Waals surface area contributed by atoms with Crippen molar-refractivity contribution in [2.75, 3.05) is 32.7 Å². The number of amides is 1. The summed E-state index contributed by atoms with van der Waals surface area (Å²) in [4.78, 5) is 16.0. The number of carbonyl (C=O) groups excluding carboxylic acids is 1. The molecule has 3 nitrogen and oxygen atoms in total. The van der Waals surface area contributed by atoms with Crippen LogP contribution in [0.3, 0.4) is 0 Å². The van der Waals surface area contributed by atoms with Gasteiger partial charge in [0.2, 0.25) is 5.91 Å². The fraction of sp³-hybridized carbons (Fsp3) is 0.833. The summed E-state index contributed by atoms with van der Waals surface area (Å²) in [7, 11) is 0. The van der Waals surface area contributed by atoms with E-state index < -0.39 is 0 Å². The Bertz CT molecular complexity index is 186. The Balaban J connectivity index is 2.18. The van der Waals surface area contributed by atoms with Crippen LogP contribution in [0.15, 0.2) is 0 Å². The van der Waals surface area contributed by atoms with Crippen molar-refractivity contribution in [2.45, 2.75) is 32.6 Å². The zero-order valence-electron chi connectivity index (χ0n) is 9.87. The summed E-state index contributed by atoms with van der Waals surface area (Å²) < 4.78 is 0. The van der Waals surface area contributed by atoms with Crippen LogP contribution in [0, 0.1) is 6.92 Å². The first kappa shape index (κ1) is 12.5. The quantitative estimate of drug-likeness (QED) is 0.644. The Hall–Kier alpha value is -0.570. The van der Waals surface area contributed by atoms with E-state index in [4.69, 9.17) is 0 Å². The topological polar surface area (TPSA) is 23.6 Å². The van der Waals surface area contributed by atoms with Crippen molar-refractivity contribution in [1.29, 1.82) is 0 Å². The number of carbonyl (C=O) groups is 1. The van der Waals surface area contributed by atoms with Crippen LogP contribution in [0.4, 0.5) is 0 Å². The Labute approximate surface area is 93.4 Å². The molecule has 87 valence electrons. The molecule has 0 spiro atoms. The number of rotatable bonds is 5. The fourth-order valence-electron chi connectivity index (χ4n) is 1.91. The minimum atomic E-state index is 0.340. The molecule has 0 atom stereocenters. The van der Waals surface area contributed by atoms with Crippen LogP contribution in [-0.4, -0.2) is 48.4 Å². The predicted molar refractivity (Wildman–Crippen MR) is 62.5 cm³/mol. The second kappa shape index (κ2) is 6.83. The second-order valence-electron chi connectivity index (χ2n) is 4.18. The Morgan fingerprint density at radius 1 is 1.20 bits per heavy atom. The van der Waals surface area contributed by atoms with Gasteiger partial charge < -0.3 is 4.90 Å². The van der Waals surface area contributed by atoms with Crippen molar-refractivity contribution in [1.82, 2.24) is 9.80 Å². The highest BCUT2D eigenvalue weighted by molar-refractivity contribution is 5.76. The van der Waals surface area contributed by atoms with Crippen LogP contribution in [-0.2, 0) is 4.79 Å². The summed E-state index contributed by atoms with van der Waals surface area (Å²) in [6.45, 7) is 10.6. The summed E-state index contributed by atoms with van der Waals surface area (Å²) in [6, 6.07) is 0. The third-order valence-corrected chi connectivity index (χ3v) is 3.04. The molecule has 0 aliphatic carbocycles. The van der Waals surface area contributed by atoms with Gasteiger partial charge >= 0.3 is 0 Å². The summed E-state index contributed by atoms with van der Waals surface area (Å²) in [6.07, 6.45) is 4.14. The molecule has 0 saturated carbocycles. The standard InChI is InChI=1S/C12H23N2O/c1-3-5-6-7-12(15)14-10-8-13(4-2)9-11-14/h2-11H2,1H3. The first-order chi connectivity index (χ1) is 7.27. The molecule has 0 aromatic rings. The lowest BCUT2D eigenvalue weighted by Crippen LogP contribution is -2.48. The number of hydrogen-bond acceptors (Lipinski definition) is 2. The number of hydrogen-bond donors (Lipinski definition) is 0. The van der Waals surface area contributed by atoms with Crippen molar-refractivity contribution < 1.29 is 4.79 Å². The van der Waals surface area contributed by atoms with Crippen LogP contribution in [0.2, 0.25) is 0 Å². The van der Waals surface area contributed by atoms with E-state index in [0.29, 0.717) is 5.91 Å². The van der Waals surface area contributed by atoms with E-state index in [1.165, 1.54) is 12.8 Å². The first-order valence-electron chi connectivity index (χ1n) is 6.07. The van der Waals surface area contributed by atoms with Crippen molar-refractivity contribution in [2.24, 2.45) is 0 Å². The van der Waals surface area contributed by atoms with E-state index in [9.17, 15) is 4.79 Å². The molecule has 1 fully saturated rings. The predicted octanol–water partition coefficient (Wildman–Crippen LogP) is 1.54. The average Bonchev–Trinajstić information content (AvgIpc) is 2.29. The molecule has 0 bridgehead atoms. The van der Waals surface area contributed by atoms with Crippen molar-refractivity contribution in [3.05, 3.63) is 6.92 Å². The molecule has 1 aliphatic heterocycles. The molecule has 0 N–H and O–H groups in total. The van der Waals surface area contributed by atoms with Gasteiger partial charge in [-0.25, -0.2) is 0 Å². The highest BCUT2D eigenvalue weighted by atomic mass is 16.2. The maximum Gasteiger partial charge on any atom is 0.222 e. The van der Waals surface area contributed by atoms with E-state index in [-0.39, 0.29) is 0 Å². The van der Waals surface area contributed by atoms with E-state index >= 15 is 0 Å². The van der Waals surface area contributed by atoms with Gasteiger partial charge in [-0.1, -0.05) is 19.8 Å². The molecule has 1 heterocycles. The van der Waals surface area contributed by atoms with Crippen molar-refractivity contribution >= 4 is 5.91 Å². The lowest BCUT2D eigenvalue weighted by molar-refractivity contribution is -0.133. The van der Waals surface area contributed by atoms with Gasteiger partial charge in [-0.2, -0.15) is 0 Å². The van der Waals surface area contributed by atoms with Gasteiger partial charge in [-0.05, 0) is 19.9 Å². The molecular formula is C12H23N2O. The lowest BCUT2D eigenvalue weighted by atomic mass is 10.2. The lowest BCUT2D eigenvalue weighted by Gasteiger charge is -2.34. The average molecular weight is 211 g/mol. The fourth-order valence-corrected chi connectivity index (χ4v) is 1.91. The molecule has 1 radical (unpaired) electrons. The van der Waals surface area contributed by atoms with E-state index in [2.05, 4.69) is 18.7 Å². The summed E-state index contributed by atoms with van der Waals surface area (Å²) in [5.41, 5.74) is 0. The molecule has 15 heavy (non-hydrogen) atoms. The largest absolute Gasteiger partial charge is 0.340 e. The summed E-state index contributed by atoms with van der Waals surface area (Å²) >= 11 is 0. The molecule has 1 amide bonds. The summed E-state index contributed by atoms with van der Waals surface area (Å²) in [5.74, 6) is 0.340. The maximum atomic E-state index is 11.8. The van der Waals surface area contributed by atoms with E-state index in [1.807, 2.05) is 4.90 Å². The van der Waals surface area contributed by atoms with E-state index in [1.54, 1.807) is 0 Å². The Morgan fingerprint density at radius 2 is 1.87 bits per heavy atom. The van der Waals surface area contributed by atoms with Gasteiger partial charge in [0.25, 0.3) is 0 Å². The van der Waals surface area contributed by atoms with Gasteiger partial charge in [-0.15, -0.1) is 0 Å². The first-order valence-corrected chi connectivity index (χ1v) is 6.07. The zero-order chi connectivity index (χ0) is 11.1. The summed E-state index contributed by atoms with van der Waals surface area (Å²) in [5, 5.41) is 0. The minimum absolute atomic E-state index is 0.340. The minimum Gasteiger partial charge on any atom is -0.340 e. The highest BCUT2D eigenvalue weighted by Gasteiger charge is 2.19. The van der Waals surface area contributed by atoms with Crippen LogP contribution in [0.25, 0.3) is 0 Å². The van der Waals surface area contributed by atoms with Crippen molar-refractivity contribution in [3.63, 3.8) is 0 Å². The van der Waals surface area contributed by atoms with Gasteiger partial charge in [0, 0.05) is 32.6 Å². The zero-order valence-corrected chi connectivity index (χ0v) is 9.87. The van der Waals surface area contributed by atoms with Crippen LogP contribution in [0.5, 0.6) is 0 Å². The van der Waals surface area contributed by atoms with Crippen LogP contribution in [0.1, 0.15) is 32.6 Å². The Kier molecular flexibility index (Phi) is 5.69.